The van der Waals surface area contributed by atoms with Crippen LogP contribution in [-0.4, -0.2) is 59.4 Å². The van der Waals surface area contributed by atoms with Crippen LogP contribution in [0.25, 0.3) is 44.9 Å². The highest BCUT2D eigenvalue weighted by Gasteiger charge is 2.61. The SMILES string of the molecule is CC(C)C1NC(=O)[C@@H](NC(=O)[C@@H](O)C(C)C)Cc2ccc3c(c2)C24c5cccc(c5NC2O3)-c2cccc3c2c(cn3P(=O)(O)O)-c2cnc(o2)-c2nc1oc24. The van der Waals surface area contributed by atoms with Gasteiger partial charge in [0.1, 0.15) is 29.4 Å². The van der Waals surface area contributed by atoms with Crippen molar-refractivity contribution in [3.63, 3.8) is 0 Å². The molecule has 6 aromatic rings. The number of nitrogens with zero attached hydrogens (tertiary/aromatic N) is 3. The smallest absolute Gasteiger partial charge is 0.434 e. The third-order valence-corrected chi connectivity index (χ3v) is 12.3. The fourth-order valence-corrected chi connectivity index (χ4v) is 9.42. The molecule has 3 aromatic carbocycles. The maximum absolute atomic E-state index is 14.2. The normalized spacial score (nSPS) is 22.2. The van der Waals surface area contributed by atoms with Gasteiger partial charge >= 0.3 is 7.75 Å². The molecule has 4 aliphatic heterocycles. The topological polar surface area (TPSA) is 214 Å². The lowest BCUT2D eigenvalue weighted by Gasteiger charge is -2.29. The van der Waals surface area contributed by atoms with Gasteiger partial charge in [-0.25, -0.2) is 14.5 Å². The average molecular weight is 777 g/mol. The number of ether oxygens (including phenoxy) is 1. The van der Waals surface area contributed by atoms with Crippen molar-refractivity contribution in [1.82, 2.24) is 24.9 Å². The molecule has 3 aromatic heterocycles. The molecule has 0 radical (unpaired) electrons. The molecule has 5 atom stereocenters. The molecule has 15 nitrogen and oxygen atoms in total. The Kier molecular flexibility index (Phi) is 7.37. The predicted molar refractivity (Wildman–Crippen MR) is 202 cm³/mol. The van der Waals surface area contributed by atoms with E-state index in [0.29, 0.717) is 39.1 Å². The summed E-state index contributed by atoms with van der Waals surface area (Å²) in [5.41, 5.74) is 4.14. The molecule has 16 heteroatoms. The van der Waals surface area contributed by atoms with Crippen molar-refractivity contribution < 1.29 is 42.6 Å². The Labute approximate surface area is 319 Å². The Morgan fingerprint density at radius 3 is 2.57 bits per heavy atom. The van der Waals surface area contributed by atoms with Gasteiger partial charge < -0.3 is 44.4 Å². The molecule has 56 heavy (non-hydrogen) atoms. The van der Waals surface area contributed by atoms with Gasteiger partial charge in [-0.2, -0.15) is 0 Å². The zero-order valence-corrected chi connectivity index (χ0v) is 31.5. The van der Waals surface area contributed by atoms with Crippen molar-refractivity contribution in [3.8, 4) is 39.8 Å². The number of para-hydroxylation sites is 1. The minimum absolute atomic E-state index is 0.0824. The summed E-state index contributed by atoms with van der Waals surface area (Å²) in [6.07, 6.45) is 0.884. The van der Waals surface area contributed by atoms with Crippen LogP contribution < -0.4 is 20.7 Å². The van der Waals surface area contributed by atoms with Crippen molar-refractivity contribution in [2.45, 2.75) is 63.9 Å². The Hall–Kier alpha value is -5.73. The molecule has 0 fully saturated rings. The summed E-state index contributed by atoms with van der Waals surface area (Å²) >= 11 is 0. The summed E-state index contributed by atoms with van der Waals surface area (Å²) in [6.45, 7) is 7.27. The van der Waals surface area contributed by atoms with Gasteiger partial charge in [0.25, 0.3) is 0 Å². The van der Waals surface area contributed by atoms with Crippen LogP contribution in [0.3, 0.4) is 0 Å². The number of carbonyl (C=O) groups excluding carboxylic acids is 2. The van der Waals surface area contributed by atoms with Gasteiger partial charge in [-0.1, -0.05) is 70.2 Å². The number of hydrogen-bond acceptors (Lipinski definition) is 10. The highest BCUT2D eigenvalue weighted by Crippen LogP contribution is 2.61. The van der Waals surface area contributed by atoms with Crippen LogP contribution >= 0.6 is 7.75 Å². The molecule has 7 heterocycles. The number of aliphatic hydroxyl groups excluding tert-OH is 1. The summed E-state index contributed by atoms with van der Waals surface area (Å²) in [6, 6.07) is 14.9. The van der Waals surface area contributed by atoms with E-state index in [1.165, 1.54) is 12.4 Å². The van der Waals surface area contributed by atoms with Crippen molar-refractivity contribution in [1.29, 1.82) is 0 Å². The Morgan fingerprint density at radius 2 is 1.80 bits per heavy atom. The van der Waals surface area contributed by atoms with Crippen molar-refractivity contribution >= 4 is 36.2 Å². The molecular formula is C40H37N6O9P. The average Bonchev–Trinajstić information content (AvgIpc) is 3.98. The number of aromatic nitrogens is 3. The number of hydrogen-bond donors (Lipinski definition) is 6. The highest BCUT2D eigenvalue weighted by molar-refractivity contribution is 7.50. The number of amides is 2. The van der Waals surface area contributed by atoms with E-state index in [-0.39, 0.29) is 41.5 Å². The van der Waals surface area contributed by atoms with Gasteiger partial charge in [0.15, 0.2) is 23.4 Å². The monoisotopic (exact) mass is 776 g/mol. The molecule has 10 bridgehead atoms. The quantitative estimate of drug-likeness (QED) is 0.124. The van der Waals surface area contributed by atoms with Gasteiger partial charge in [0.2, 0.25) is 23.6 Å². The summed E-state index contributed by atoms with van der Waals surface area (Å²) in [4.78, 5) is 58.1. The second-order valence-corrected chi connectivity index (χ2v) is 17.0. The van der Waals surface area contributed by atoms with Crippen LogP contribution in [-0.2, 0) is 26.0 Å². The maximum atomic E-state index is 14.2. The number of benzene rings is 3. The lowest BCUT2D eigenvalue weighted by Crippen LogP contribution is -2.52. The van der Waals surface area contributed by atoms with E-state index in [9.17, 15) is 29.0 Å². The van der Waals surface area contributed by atoms with Gasteiger partial charge in [0.05, 0.1) is 11.7 Å². The highest BCUT2D eigenvalue weighted by atomic mass is 31.2. The maximum Gasteiger partial charge on any atom is 0.434 e. The van der Waals surface area contributed by atoms with Crippen LogP contribution in [0.1, 0.15) is 62.1 Å². The number of aliphatic hydroxyl groups is 1. The first-order valence-electron chi connectivity index (χ1n) is 18.4. The zero-order chi connectivity index (χ0) is 39.0. The van der Waals surface area contributed by atoms with Crippen molar-refractivity contribution in [2.24, 2.45) is 11.8 Å². The molecule has 1 spiro atoms. The Bertz CT molecular complexity index is 2710. The fraction of sp³-hybridized carbons (Fsp3) is 0.300. The van der Waals surface area contributed by atoms with Crippen LogP contribution in [0.4, 0.5) is 5.69 Å². The summed E-state index contributed by atoms with van der Waals surface area (Å²) < 4.78 is 34.0. The Morgan fingerprint density at radius 1 is 1.02 bits per heavy atom. The third-order valence-electron chi connectivity index (χ3n) is 11.4. The van der Waals surface area contributed by atoms with Gasteiger partial charge in [0, 0.05) is 45.9 Å². The first-order valence-corrected chi connectivity index (χ1v) is 20.0. The second-order valence-electron chi connectivity index (χ2n) is 15.6. The molecule has 2 amide bonds. The van der Waals surface area contributed by atoms with Gasteiger partial charge in [-0.05, 0) is 35.1 Å². The van der Waals surface area contributed by atoms with Crippen LogP contribution in [0.2, 0.25) is 0 Å². The molecule has 286 valence electrons. The molecule has 0 saturated carbocycles. The first kappa shape index (κ1) is 34.7. The van der Waals surface area contributed by atoms with E-state index in [2.05, 4.69) is 16.0 Å². The minimum atomic E-state index is -4.82. The Balaban J connectivity index is 1.29. The molecule has 4 aliphatic rings. The van der Waals surface area contributed by atoms with E-state index in [0.717, 1.165) is 26.7 Å². The van der Waals surface area contributed by atoms with Crippen LogP contribution in [0.5, 0.6) is 5.75 Å². The predicted octanol–water partition coefficient (Wildman–Crippen LogP) is 5.22. The number of anilines is 1. The number of nitrogens with one attached hydrogen (secondary N) is 3. The molecule has 10 rings (SSSR count). The van der Waals surface area contributed by atoms with E-state index in [1.807, 2.05) is 56.3 Å². The molecule has 6 N–H and O–H groups in total. The van der Waals surface area contributed by atoms with E-state index >= 15 is 0 Å². The number of oxazole rings is 2. The van der Waals surface area contributed by atoms with E-state index < -0.39 is 49.4 Å². The second kappa shape index (κ2) is 11.9. The molecule has 0 saturated heterocycles. The van der Waals surface area contributed by atoms with Crippen molar-refractivity contribution in [2.75, 3.05) is 5.32 Å². The molecule has 0 aliphatic carbocycles. The summed E-state index contributed by atoms with van der Waals surface area (Å²) in [5.74, 6) is -0.349. The van der Waals surface area contributed by atoms with E-state index in [4.69, 9.17) is 23.5 Å². The van der Waals surface area contributed by atoms with Crippen molar-refractivity contribution in [3.05, 3.63) is 95.3 Å². The summed E-state index contributed by atoms with van der Waals surface area (Å²) in [5, 5.41) is 20.7. The fourth-order valence-electron chi connectivity index (χ4n) is 8.71. The zero-order valence-electron chi connectivity index (χ0n) is 30.6. The molecular weight excluding hydrogens is 739 g/mol. The van der Waals surface area contributed by atoms with Gasteiger partial charge in [-0.3, -0.25) is 13.9 Å². The standard InChI is InChI=1S/C40H37N6O9P/c1-17(2)30-38-44-32-34(55-38)40-23-9-5-8-21(20-7-6-10-26-29(20)22(16-46(26)56(50,51)52)28-15-41-37(32)53-28)31(23)45-39(40)54-27-12-11-19(13-24(27)40)14-25(35(48)43-30)42-36(49)33(47)18(3)4/h5-13,15-18,25,30,33,39,45,47H,14H2,1-4H3,(H,42,49)(H,43,48)(H2,50,51,52)/t25-,30?,33-,39?,40?/m0/s1. The third kappa shape index (κ3) is 4.78. The van der Waals surface area contributed by atoms with E-state index in [1.54, 1.807) is 26.0 Å². The minimum Gasteiger partial charge on any atom is -0.469 e. The van der Waals surface area contributed by atoms with Gasteiger partial charge in [-0.15, -0.1) is 0 Å². The largest absolute Gasteiger partial charge is 0.469 e. The van der Waals surface area contributed by atoms with Crippen LogP contribution in [0.15, 0.2) is 75.8 Å². The molecule has 3 unspecified atom stereocenters. The lowest BCUT2D eigenvalue weighted by atomic mass is 9.72. The lowest BCUT2D eigenvalue weighted by molar-refractivity contribution is -0.135. The number of rotatable bonds is 5. The number of fused-ring (bicyclic) bond motifs is 7. The summed E-state index contributed by atoms with van der Waals surface area (Å²) in [7, 11) is -4.82. The first-order chi connectivity index (χ1) is 26.7. The number of carbonyl (C=O) groups is 2. The van der Waals surface area contributed by atoms with Crippen LogP contribution in [0, 0.1) is 11.8 Å².